The Hall–Kier alpha value is -1.55. The minimum absolute atomic E-state index is 0.215. The van der Waals surface area contributed by atoms with Crippen molar-refractivity contribution in [1.29, 1.82) is 0 Å². The molecule has 0 bridgehead atoms. The van der Waals surface area contributed by atoms with Crippen LogP contribution in [-0.4, -0.2) is 24.4 Å². The maximum Gasteiger partial charge on any atom is 0.253 e. The van der Waals surface area contributed by atoms with E-state index in [0.717, 1.165) is 0 Å². The number of hydrogen-bond acceptors (Lipinski definition) is 2. The molecule has 0 saturated heterocycles. The second-order valence-electron chi connectivity index (χ2n) is 3.57. The van der Waals surface area contributed by atoms with Crippen LogP contribution >= 0.6 is 11.6 Å². The third kappa shape index (κ3) is 3.75. The second kappa shape index (κ2) is 6.25. The molecule has 2 amide bonds. The van der Waals surface area contributed by atoms with Crippen molar-refractivity contribution in [1.82, 2.24) is 10.6 Å². The molecule has 1 atom stereocenters. The molecule has 0 aliphatic carbocycles. The molecule has 0 aliphatic heterocycles. The van der Waals surface area contributed by atoms with Crippen molar-refractivity contribution >= 4 is 23.4 Å². The molecule has 1 rings (SSSR count). The fourth-order valence-electron chi connectivity index (χ4n) is 1.31. The molecule has 4 nitrogen and oxygen atoms in total. The summed E-state index contributed by atoms with van der Waals surface area (Å²) in [6.07, 6.45) is 0. The summed E-state index contributed by atoms with van der Waals surface area (Å²) in [5.41, 5.74) is 0.366. The fraction of sp³-hybridized carbons (Fsp3) is 0.333. The molecular weight excluding hydrogens is 240 g/mol. The van der Waals surface area contributed by atoms with Crippen molar-refractivity contribution in [3.63, 3.8) is 0 Å². The van der Waals surface area contributed by atoms with Crippen molar-refractivity contribution in [3.05, 3.63) is 34.9 Å². The van der Waals surface area contributed by atoms with Crippen LogP contribution in [0.25, 0.3) is 0 Å². The number of amides is 2. The highest BCUT2D eigenvalue weighted by atomic mass is 35.5. The van der Waals surface area contributed by atoms with Gasteiger partial charge in [0, 0.05) is 6.54 Å². The number of benzene rings is 1. The molecule has 2 N–H and O–H groups in total. The van der Waals surface area contributed by atoms with E-state index in [-0.39, 0.29) is 11.8 Å². The third-order valence-corrected chi connectivity index (χ3v) is 2.54. The largest absolute Gasteiger partial charge is 0.355 e. The van der Waals surface area contributed by atoms with Gasteiger partial charge in [0.25, 0.3) is 5.91 Å². The topological polar surface area (TPSA) is 58.2 Å². The Morgan fingerprint density at radius 2 is 2.00 bits per heavy atom. The first-order valence-corrected chi connectivity index (χ1v) is 5.77. The molecule has 1 aromatic rings. The lowest BCUT2D eigenvalue weighted by molar-refractivity contribution is -0.122. The Kier molecular flexibility index (Phi) is 4.97. The predicted octanol–water partition coefficient (Wildman–Crippen LogP) is 1.59. The monoisotopic (exact) mass is 254 g/mol. The predicted molar refractivity (Wildman–Crippen MR) is 67.1 cm³/mol. The van der Waals surface area contributed by atoms with Crippen LogP contribution < -0.4 is 10.6 Å². The molecule has 0 heterocycles. The first kappa shape index (κ1) is 13.5. The van der Waals surface area contributed by atoms with Crippen molar-refractivity contribution in [2.24, 2.45) is 0 Å². The minimum Gasteiger partial charge on any atom is -0.355 e. The van der Waals surface area contributed by atoms with Gasteiger partial charge in [0.15, 0.2) is 0 Å². The fourth-order valence-corrected chi connectivity index (χ4v) is 1.53. The van der Waals surface area contributed by atoms with E-state index in [9.17, 15) is 9.59 Å². The van der Waals surface area contributed by atoms with Crippen molar-refractivity contribution in [3.8, 4) is 0 Å². The van der Waals surface area contributed by atoms with E-state index in [0.29, 0.717) is 17.1 Å². The van der Waals surface area contributed by atoms with Gasteiger partial charge in [0.2, 0.25) is 5.91 Å². The molecule has 0 aromatic heterocycles. The number of likely N-dealkylation sites (N-methyl/N-ethyl adjacent to an activating group) is 1. The van der Waals surface area contributed by atoms with Crippen molar-refractivity contribution in [2.75, 3.05) is 6.54 Å². The van der Waals surface area contributed by atoms with Crippen LogP contribution in [0.15, 0.2) is 24.3 Å². The third-order valence-electron chi connectivity index (χ3n) is 2.21. The molecule has 0 aliphatic rings. The number of rotatable bonds is 4. The Bertz CT molecular complexity index is 421. The quantitative estimate of drug-likeness (QED) is 0.857. The highest BCUT2D eigenvalue weighted by Gasteiger charge is 2.17. The summed E-state index contributed by atoms with van der Waals surface area (Å²) in [6.45, 7) is 3.98. The normalized spacial score (nSPS) is 11.7. The SMILES string of the molecule is CCNC(=O)[C@H](C)NC(=O)c1ccccc1Cl. The molecule has 5 heteroatoms. The summed E-state index contributed by atoms with van der Waals surface area (Å²) in [6, 6.07) is 6.12. The molecule has 0 fully saturated rings. The maximum absolute atomic E-state index is 11.8. The van der Waals surface area contributed by atoms with Crippen LogP contribution in [0.4, 0.5) is 0 Å². The van der Waals surface area contributed by atoms with Gasteiger partial charge in [-0.3, -0.25) is 9.59 Å². The van der Waals surface area contributed by atoms with E-state index < -0.39 is 6.04 Å². The minimum atomic E-state index is -0.585. The summed E-state index contributed by atoms with van der Waals surface area (Å²) in [7, 11) is 0. The van der Waals surface area contributed by atoms with E-state index in [1.165, 1.54) is 0 Å². The van der Waals surface area contributed by atoms with Gasteiger partial charge >= 0.3 is 0 Å². The van der Waals surface area contributed by atoms with Crippen LogP contribution in [-0.2, 0) is 4.79 Å². The van der Waals surface area contributed by atoms with Gasteiger partial charge in [0.1, 0.15) is 6.04 Å². The van der Waals surface area contributed by atoms with E-state index >= 15 is 0 Å². The maximum atomic E-state index is 11.8. The van der Waals surface area contributed by atoms with E-state index in [4.69, 9.17) is 11.6 Å². The van der Waals surface area contributed by atoms with Crippen molar-refractivity contribution in [2.45, 2.75) is 19.9 Å². The van der Waals surface area contributed by atoms with E-state index in [1.807, 2.05) is 6.92 Å². The summed E-state index contributed by atoms with van der Waals surface area (Å²) in [5.74, 6) is -0.567. The lowest BCUT2D eigenvalue weighted by Crippen LogP contribution is -2.44. The highest BCUT2D eigenvalue weighted by molar-refractivity contribution is 6.33. The van der Waals surface area contributed by atoms with Gasteiger partial charge in [-0.25, -0.2) is 0 Å². The molecular formula is C12H15ClN2O2. The zero-order valence-corrected chi connectivity index (χ0v) is 10.5. The van der Waals surface area contributed by atoms with Crippen LogP contribution in [0, 0.1) is 0 Å². The van der Waals surface area contributed by atoms with Gasteiger partial charge in [-0.2, -0.15) is 0 Å². The lowest BCUT2D eigenvalue weighted by atomic mass is 10.2. The number of carbonyl (C=O) groups is 2. The van der Waals surface area contributed by atoms with Gasteiger partial charge < -0.3 is 10.6 Å². The zero-order chi connectivity index (χ0) is 12.8. The van der Waals surface area contributed by atoms with Crippen LogP contribution in [0.5, 0.6) is 0 Å². The van der Waals surface area contributed by atoms with Gasteiger partial charge in [-0.1, -0.05) is 23.7 Å². The average Bonchev–Trinajstić information content (AvgIpc) is 2.29. The molecule has 0 saturated carbocycles. The first-order chi connectivity index (χ1) is 8.06. The van der Waals surface area contributed by atoms with Crippen LogP contribution in [0.1, 0.15) is 24.2 Å². The lowest BCUT2D eigenvalue weighted by Gasteiger charge is -2.13. The number of carbonyl (C=O) groups excluding carboxylic acids is 2. The second-order valence-corrected chi connectivity index (χ2v) is 3.98. The Labute approximate surface area is 105 Å². The number of nitrogens with one attached hydrogen (secondary N) is 2. The highest BCUT2D eigenvalue weighted by Crippen LogP contribution is 2.14. The molecule has 17 heavy (non-hydrogen) atoms. The first-order valence-electron chi connectivity index (χ1n) is 5.39. The Morgan fingerprint density at radius 3 is 2.59 bits per heavy atom. The van der Waals surface area contributed by atoms with Gasteiger partial charge in [-0.15, -0.1) is 0 Å². The van der Waals surface area contributed by atoms with Gasteiger partial charge in [0.05, 0.1) is 10.6 Å². The van der Waals surface area contributed by atoms with E-state index in [2.05, 4.69) is 10.6 Å². The number of hydrogen-bond donors (Lipinski definition) is 2. The average molecular weight is 255 g/mol. The molecule has 0 spiro atoms. The molecule has 92 valence electrons. The molecule has 0 unspecified atom stereocenters. The van der Waals surface area contributed by atoms with Crippen LogP contribution in [0.2, 0.25) is 5.02 Å². The summed E-state index contributed by atoms with van der Waals surface area (Å²) < 4.78 is 0. The Morgan fingerprint density at radius 1 is 1.35 bits per heavy atom. The standard InChI is InChI=1S/C12H15ClN2O2/c1-3-14-11(16)8(2)15-12(17)9-6-4-5-7-10(9)13/h4-8H,3H2,1-2H3,(H,14,16)(H,15,17)/t8-/m0/s1. The summed E-state index contributed by atoms with van der Waals surface area (Å²) in [4.78, 5) is 23.2. The van der Waals surface area contributed by atoms with Gasteiger partial charge in [-0.05, 0) is 26.0 Å². The van der Waals surface area contributed by atoms with Crippen molar-refractivity contribution < 1.29 is 9.59 Å². The smallest absolute Gasteiger partial charge is 0.253 e. The molecule has 0 radical (unpaired) electrons. The van der Waals surface area contributed by atoms with E-state index in [1.54, 1.807) is 31.2 Å². The number of halogens is 1. The summed E-state index contributed by atoms with van der Waals surface area (Å²) in [5, 5.41) is 5.58. The Balaban J connectivity index is 2.67. The summed E-state index contributed by atoms with van der Waals surface area (Å²) >= 11 is 5.88. The molecule has 1 aromatic carbocycles. The zero-order valence-electron chi connectivity index (χ0n) is 9.79. The van der Waals surface area contributed by atoms with Crippen LogP contribution in [0.3, 0.4) is 0 Å².